The van der Waals surface area contributed by atoms with Crippen molar-refractivity contribution in [2.24, 2.45) is 0 Å². The quantitative estimate of drug-likeness (QED) is 0.611. The topological polar surface area (TPSA) is 83.8 Å². The number of carbonyl (C=O) groups excluding carboxylic acids is 1. The van der Waals surface area contributed by atoms with Crippen molar-refractivity contribution in [2.45, 2.75) is 44.0 Å². The number of hydrogen-bond acceptors (Lipinski definition) is 5. The van der Waals surface area contributed by atoms with Gasteiger partial charge in [-0.25, -0.2) is 4.98 Å². The molecule has 3 rings (SSSR count). The summed E-state index contributed by atoms with van der Waals surface area (Å²) >= 11 is 1.43. The average Bonchev–Trinajstić information content (AvgIpc) is 3.19. The highest BCUT2D eigenvalue weighted by Crippen LogP contribution is 2.26. The number of anilines is 1. The largest absolute Gasteiger partial charge is 0.360 e. The minimum atomic E-state index is -0.262. The number of benzene rings is 1. The monoisotopic (exact) mass is 370 g/mol. The van der Waals surface area contributed by atoms with Gasteiger partial charge < -0.3 is 14.8 Å². The molecule has 0 bridgehead atoms. The Morgan fingerprint density at radius 2 is 2.08 bits per heavy atom. The molecule has 0 saturated heterocycles. The van der Waals surface area contributed by atoms with Gasteiger partial charge in [0.15, 0.2) is 11.0 Å². The van der Waals surface area contributed by atoms with E-state index in [1.807, 2.05) is 32.0 Å². The molecule has 7 heteroatoms. The Morgan fingerprint density at radius 3 is 2.73 bits per heavy atom. The molecule has 3 aromatic rings. The fraction of sp³-hybridized carbons (Fsp3) is 0.316. The standard InChI is InChI=1S/C19H22N4O2S/c1-4-16(18(24)22-17-10-12(2)25-23-17)26-19-20-13(3)15(21-19)11-14-8-6-5-7-9-14/h5-10,16H,4,11H2,1-3H3,(H,20,21)(H,22,23,24)/t16-/m0/s1. The van der Waals surface area contributed by atoms with Crippen LogP contribution in [-0.2, 0) is 11.2 Å². The second-order valence-corrected chi connectivity index (χ2v) is 7.29. The van der Waals surface area contributed by atoms with E-state index >= 15 is 0 Å². The second kappa shape index (κ2) is 8.23. The summed E-state index contributed by atoms with van der Waals surface area (Å²) in [6.45, 7) is 5.77. The van der Waals surface area contributed by atoms with Gasteiger partial charge in [0.25, 0.3) is 0 Å². The van der Waals surface area contributed by atoms with Crippen molar-refractivity contribution in [3.8, 4) is 0 Å². The van der Waals surface area contributed by atoms with Crippen molar-refractivity contribution < 1.29 is 9.32 Å². The number of hydrogen-bond donors (Lipinski definition) is 2. The van der Waals surface area contributed by atoms with Crippen LogP contribution in [0.25, 0.3) is 0 Å². The molecule has 1 amide bonds. The molecule has 0 radical (unpaired) electrons. The number of amides is 1. The summed E-state index contributed by atoms with van der Waals surface area (Å²) in [6.07, 6.45) is 1.45. The lowest BCUT2D eigenvalue weighted by molar-refractivity contribution is -0.115. The summed E-state index contributed by atoms with van der Waals surface area (Å²) in [4.78, 5) is 20.5. The van der Waals surface area contributed by atoms with Gasteiger partial charge in [-0.15, -0.1) is 0 Å². The fourth-order valence-electron chi connectivity index (χ4n) is 2.57. The molecule has 0 spiro atoms. The molecule has 1 atom stereocenters. The molecule has 0 aliphatic carbocycles. The summed E-state index contributed by atoms with van der Waals surface area (Å²) < 4.78 is 4.98. The van der Waals surface area contributed by atoms with Gasteiger partial charge in [0.05, 0.1) is 10.9 Å². The molecule has 6 nitrogen and oxygen atoms in total. The summed E-state index contributed by atoms with van der Waals surface area (Å²) in [5.74, 6) is 0.990. The van der Waals surface area contributed by atoms with Crippen molar-refractivity contribution in [1.29, 1.82) is 0 Å². The summed E-state index contributed by atoms with van der Waals surface area (Å²) in [7, 11) is 0. The number of nitrogens with zero attached hydrogens (tertiary/aromatic N) is 2. The van der Waals surface area contributed by atoms with Crippen LogP contribution in [0, 0.1) is 13.8 Å². The van der Waals surface area contributed by atoms with E-state index in [0.717, 1.165) is 23.0 Å². The Kier molecular flexibility index (Phi) is 5.78. The van der Waals surface area contributed by atoms with E-state index in [4.69, 9.17) is 4.52 Å². The maximum absolute atomic E-state index is 12.5. The Bertz CT molecular complexity index is 873. The zero-order valence-electron chi connectivity index (χ0n) is 15.1. The third kappa shape index (κ3) is 4.54. The Labute approximate surface area is 156 Å². The van der Waals surface area contributed by atoms with E-state index in [1.165, 1.54) is 17.3 Å². The molecule has 0 aliphatic rings. The highest BCUT2D eigenvalue weighted by molar-refractivity contribution is 8.00. The summed E-state index contributed by atoms with van der Waals surface area (Å²) in [5, 5.41) is 7.09. The van der Waals surface area contributed by atoms with Gasteiger partial charge in [0.1, 0.15) is 5.76 Å². The lowest BCUT2D eigenvalue weighted by Gasteiger charge is -2.11. The third-order valence-corrected chi connectivity index (χ3v) is 5.22. The van der Waals surface area contributed by atoms with Crippen LogP contribution >= 0.6 is 11.8 Å². The van der Waals surface area contributed by atoms with Crippen LogP contribution in [0.4, 0.5) is 5.82 Å². The Balaban J connectivity index is 1.66. The van der Waals surface area contributed by atoms with E-state index < -0.39 is 0 Å². The maximum atomic E-state index is 12.5. The zero-order chi connectivity index (χ0) is 18.5. The predicted molar refractivity (Wildman–Crippen MR) is 102 cm³/mol. The summed E-state index contributed by atoms with van der Waals surface area (Å²) in [5.41, 5.74) is 3.24. The van der Waals surface area contributed by atoms with Gasteiger partial charge in [-0.1, -0.05) is 54.2 Å². The van der Waals surface area contributed by atoms with Gasteiger partial charge in [-0.2, -0.15) is 0 Å². The molecular weight excluding hydrogens is 348 g/mol. The van der Waals surface area contributed by atoms with Crippen LogP contribution in [-0.4, -0.2) is 26.3 Å². The number of carbonyl (C=O) groups is 1. The number of thioether (sulfide) groups is 1. The van der Waals surface area contributed by atoms with Gasteiger partial charge in [0.2, 0.25) is 5.91 Å². The molecule has 0 unspecified atom stereocenters. The number of aryl methyl sites for hydroxylation is 2. The molecule has 0 fully saturated rings. The van der Waals surface area contributed by atoms with E-state index in [2.05, 4.69) is 32.6 Å². The number of nitrogens with one attached hydrogen (secondary N) is 2. The maximum Gasteiger partial charge on any atom is 0.239 e. The number of aromatic amines is 1. The first kappa shape index (κ1) is 18.3. The Morgan fingerprint density at radius 1 is 1.31 bits per heavy atom. The highest BCUT2D eigenvalue weighted by Gasteiger charge is 2.21. The molecule has 0 saturated carbocycles. The first-order valence-corrected chi connectivity index (χ1v) is 9.43. The second-order valence-electron chi connectivity index (χ2n) is 6.10. The van der Waals surface area contributed by atoms with Crippen molar-refractivity contribution in [2.75, 3.05) is 5.32 Å². The van der Waals surface area contributed by atoms with Crippen molar-refractivity contribution in [1.82, 2.24) is 15.1 Å². The first-order chi connectivity index (χ1) is 12.5. The van der Waals surface area contributed by atoms with E-state index in [0.29, 0.717) is 18.0 Å². The zero-order valence-corrected chi connectivity index (χ0v) is 15.9. The minimum Gasteiger partial charge on any atom is -0.360 e. The number of H-pyrrole nitrogens is 1. The SMILES string of the molecule is CC[C@H](Sc1nc(Cc2ccccc2)c(C)[nH]1)C(=O)Nc1cc(C)on1. The minimum absolute atomic E-state index is 0.107. The molecule has 1 aromatic carbocycles. The van der Waals surface area contributed by atoms with Gasteiger partial charge in [-0.3, -0.25) is 4.79 Å². The molecule has 2 N–H and O–H groups in total. The van der Waals surface area contributed by atoms with Crippen LogP contribution in [0.3, 0.4) is 0 Å². The van der Waals surface area contributed by atoms with Crippen LogP contribution in [0.15, 0.2) is 46.1 Å². The van der Waals surface area contributed by atoms with Crippen molar-refractivity contribution in [3.63, 3.8) is 0 Å². The fourth-order valence-corrected chi connectivity index (χ4v) is 3.55. The van der Waals surface area contributed by atoms with Crippen LogP contribution in [0.1, 0.15) is 36.1 Å². The first-order valence-electron chi connectivity index (χ1n) is 8.55. The molecular formula is C19H22N4O2S. The highest BCUT2D eigenvalue weighted by atomic mass is 32.2. The smallest absolute Gasteiger partial charge is 0.239 e. The normalized spacial score (nSPS) is 12.1. The van der Waals surface area contributed by atoms with Crippen LogP contribution < -0.4 is 5.32 Å². The average molecular weight is 370 g/mol. The van der Waals surface area contributed by atoms with Gasteiger partial charge >= 0.3 is 0 Å². The predicted octanol–water partition coefficient (Wildman–Crippen LogP) is 4.11. The molecule has 136 valence electrons. The van der Waals surface area contributed by atoms with E-state index in [1.54, 1.807) is 13.0 Å². The summed E-state index contributed by atoms with van der Waals surface area (Å²) in [6, 6.07) is 11.9. The van der Waals surface area contributed by atoms with Gasteiger partial charge in [-0.05, 0) is 25.8 Å². The lowest BCUT2D eigenvalue weighted by atomic mass is 10.1. The third-order valence-electron chi connectivity index (χ3n) is 3.97. The van der Waals surface area contributed by atoms with E-state index in [-0.39, 0.29) is 11.2 Å². The van der Waals surface area contributed by atoms with E-state index in [9.17, 15) is 4.79 Å². The van der Waals surface area contributed by atoms with Crippen molar-refractivity contribution in [3.05, 3.63) is 59.1 Å². The number of aromatic nitrogens is 3. The molecule has 2 aromatic heterocycles. The van der Waals surface area contributed by atoms with Crippen molar-refractivity contribution >= 4 is 23.5 Å². The van der Waals surface area contributed by atoms with Crippen LogP contribution in [0.2, 0.25) is 0 Å². The number of imidazole rings is 1. The van der Waals surface area contributed by atoms with Gasteiger partial charge in [0, 0.05) is 18.2 Å². The molecule has 0 aliphatic heterocycles. The van der Waals surface area contributed by atoms with Crippen LogP contribution in [0.5, 0.6) is 0 Å². The Hall–Kier alpha value is -2.54. The lowest BCUT2D eigenvalue weighted by Crippen LogP contribution is -2.24. The molecule has 2 heterocycles. The molecule has 26 heavy (non-hydrogen) atoms. The number of rotatable bonds is 7.